The Hall–Kier alpha value is -3.30. The highest BCUT2D eigenvalue weighted by Gasteiger charge is 2.34. The van der Waals surface area contributed by atoms with Crippen LogP contribution < -0.4 is 5.32 Å². The lowest BCUT2D eigenvalue weighted by Crippen LogP contribution is -2.29. The smallest absolute Gasteiger partial charge is 0.338 e. The lowest BCUT2D eigenvalue weighted by molar-refractivity contribution is -0.384. The Morgan fingerprint density at radius 3 is 2.75 bits per heavy atom. The lowest BCUT2D eigenvalue weighted by Gasteiger charge is -2.27. The van der Waals surface area contributed by atoms with E-state index in [1.807, 2.05) is 0 Å². The van der Waals surface area contributed by atoms with Crippen LogP contribution in [0.1, 0.15) is 25.5 Å². The van der Waals surface area contributed by atoms with Crippen molar-refractivity contribution >= 4 is 17.6 Å². The quantitative estimate of drug-likeness (QED) is 0.507. The average Bonchev–Trinajstić information content (AvgIpc) is 3.01. The number of rotatable bonds is 4. The monoisotopic (exact) mass is 330 g/mol. The number of carbonyl (C=O) groups excluding carboxylic acids is 1. The van der Waals surface area contributed by atoms with Gasteiger partial charge in [0.2, 0.25) is 5.95 Å². The van der Waals surface area contributed by atoms with Crippen molar-refractivity contribution in [1.29, 1.82) is 0 Å². The Morgan fingerprint density at radius 2 is 2.12 bits per heavy atom. The van der Waals surface area contributed by atoms with Gasteiger partial charge in [0.1, 0.15) is 6.04 Å². The maximum Gasteiger partial charge on any atom is 0.338 e. The van der Waals surface area contributed by atoms with Gasteiger partial charge in [0.25, 0.3) is 5.69 Å². The number of nitrogens with one attached hydrogen (secondary N) is 1. The molecular weight excluding hydrogens is 316 g/mol. The van der Waals surface area contributed by atoms with E-state index in [9.17, 15) is 14.9 Å². The predicted octanol–water partition coefficient (Wildman–Crippen LogP) is 1.43. The molecule has 1 N–H and O–H groups in total. The molecule has 0 fully saturated rings. The molecule has 10 heteroatoms. The van der Waals surface area contributed by atoms with E-state index in [0.29, 0.717) is 22.8 Å². The van der Waals surface area contributed by atoms with Crippen molar-refractivity contribution in [3.63, 3.8) is 0 Å². The van der Waals surface area contributed by atoms with Crippen LogP contribution in [0.15, 0.2) is 35.5 Å². The molecule has 0 amide bonds. The van der Waals surface area contributed by atoms with Gasteiger partial charge in [0.15, 0.2) is 0 Å². The minimum atomic E-state index is -0.629. The molecule has 1 aromatic heterocycles. The molecule has 0 aliphatic carbocycles. The third-order valence-corrected chi connectivity index (χ3v) is 3.63. The molecule has 10 nitrogen and oxygen atoms in total. The topological polar surface area (TPSA) is 125 Å². The first-order valence-electron chi connectivity index (χ1n) is 7.20. The average molecular weight is 330 g/mol. The van der Waals surface area contributed by atoms with Gasteiger partial charge in [-0.1, -0.05) is 5.10 Å². The molecule has 1 aliphatic rings. The highest BCUT2D eigenvalue weighted by molar-refractivity contribution is 5.92. The zero-order valence-corrected chi connectivity index (χ0v) is 13.0. The van der Waals surface area contributed by atoms with Crippen LogP contribution in [0.5, 0.6) is 0 Å². The highest BCUT2D eigenvalue weighted by atomic mass is 16.6. The van der Waals surface area contributed by atoms with Crippen LogP contribution in [-0.2, 0) is 9.53 Å². The van der Waals surface area contributed by atoms with Gasteiger partial charge in [-0.15, -0.1) is 0 Å². The van der Waals surface area contributed by atoms with Crippen LogP contribution in [-0.4, -0.2) is 37.7 Å². The van der Waals surface area contributed by atoms with Gasteiger partial charge in [0.05, 0.1) is 17.1 Å². The van der Waals surface area contributed by atoms with Crippen molar-refractivity contribution in [2.75, 3.05) is 11.9 Å². The van der Waals surface area contributed by atoms with E-state index in [-0.39, 0.29) is 12.3 Å². The fourth-order valence-electron chi connectivity index (χ4n) is 2.57. The second-order valence-electron chi connectivity index (χ2n) is 5.08. The van der Waals surface area contributed by atoms with Crippen molar-refractivity contribution in [1.82, 2.24) is 20.2 Å². The zero-order chi connectivity index (χ0) is 17.3. The van der Waals surface area contributed by atoms with Crippen LogP contribution in [0.4, 0.5) is 11.6 Å². The van der Waals surface area contributed by atoms with Gasteiger partial charge in [-0.25, -0.2) is 4.79 Å². The number of nitro groups is 1. The molecule has 0 spiro atoms. The molecule has 124 valence electrons. The van der Waals surface area contributed by atoms with E-state index in [1.54, 1.807) is 26.0 Å². The van der Waals surface area contributed by atoms with Crippen LogP contribution in [0.25, 0.3) is 0 Å². The molecule has 1 aromatic carbocycles. The number of esters is 1. The molecule has 3 rings (SSSR count). The van der Waals surface area contributed by atoms with Gasteiger partial charge < -0.3 is 10.1 Å². The third kappa shape index (κ3) is 2.57. The fourth-order valence-corrected chi connectivity index (χ4v) is 2.57. The minimum Gasteiger partial charge on any atom is -0.463 e. The summed E-state index contributed by atoms with van der Waals surface area (Å²) < 4.78 is 6.57. The fraction of sp³-hybridized carbons (Fsp3) is 0.286. The number of benzene rings is 1. The van der Waals surface area contributed by atoms with Crippen LogP contribution >= 0.6 is 0 Å². The summed E-state index contributed by atoms with van der Waals surface area (Å²) in [5.41, 5.74) is 1.52. The molecule has 1 atom stereocenters. The van der Waals surface area contributed by atoms with Crippen molar-refractivity contribution < 1.29 is 14.5 Å². The second-order valence-corrected chi connectivity index (χ2v) is 5.08. The number of anilines is 1. The molecule has 0 bridgehead atoms. The number of non-ortho nitro benzene ring substituents is 1. The summed E-state index contributed by atoms with van der Waals surface area (Å²) in [5, 5.41) is 25.2. The van der Waals surface area contributed by atoms with E-state index in [2.05, 4.69) is 20.8 Å². The van der Waals surface area contributed by atoms with E-state index < -0.39 is 16.9 Å². The first-order valence-corrected chi connectivity index (χ1v) is 7.20. The maximum absolute atomic E-state index is 12.4. The van der Waals surface area contributed by atoms with Gasteiger partial charge in [0, 0.05) is 17.8 Å². The summed E-state index contributed by atoms with van der Waals surface area (Å²) in [6, 6.07) is 5.27. The number of ether oxygens (including phenoxy) is 1. The first-order chi connectivity index (χ1) is 11.5. The van der Waals surface area contributed by atoms with Gasteiger partial charge in [-0.05, 0) is 42.0 Å². The van der Waals surface area contributed by atoms with E-state index in [4.69, 9.17) is 4.74 Å². The third-order valence-electron chi connectivity index (χ3n) is 3.63. The van der Waals surface area contributed by atoms with E-state index in [1.165, 1.54) is 16.8 Å². The van der Waals surface area contributed by atoms with Gasteiger partial charge in [-0.2, -0.15) is 4.68 Å². The summed E-state index contributed by atoms with van der Waals surface area (Å²) in [7, 11) is 0. The van der Waals surface area contributed by atoms with Crippen LogP contribution in [0.3, 0.4) is 0 Å². The highest BCUT2D eigenvalue weighted by Crippen LogP contribution is 2.35. The van der Waals surface area contributed by atoms with E-state index in [0.717, 1.165) is 0 Å². The zero-order valence-electron chi connectivity index (χ0n) is 13.0. The van der Waals surface area contributed by atoms with Crippen LogP contribution in [0.2, 0.25) is 0 Å². The Labute approximate surface area is 136 Å². The molecule has 0 unspecified atom stereocenters. The summed E-state index contributed by atoms with van der Waals surface area (Å²) in [4.78, 5) is 22.7. The SMILES string of the molecule is CCOC(=O)C1=C(C)Nc2nnnn2[C@H]1c1ccc([N+](=O)[O-])cc1. The number of aromatic nitrogens is 4. The molecule has 24 heavy (non-hydrogen) atoms. The molecule has 0 saturated carbocycles. The van der Waals surface area contributed by atoms with Gasteiger partial charge >= 0.3 is 5.97 Å². The first kappa shape index (κ1) is 15.6. The molecule has 2 heterocycles. The van der Waals surface area contributed by atoms with E-state index >= 15 is 0 Å². The number of allylic oxidation sites excluding steroid dienone is 1. The number of hydrogen-bond acceptors (Lipinski definition) is 8. The lowest BCUT2D eigenvalue weighted by atomic mass is 9.95. The number of nitrogens with zero attached hydrogens (tertiary/aromatic N) is 5. The molecule has 1 aliphatic heterocycles. The van der Waals surface area contributed by atoms with Crippen LogP contribution in [0, 0.1) is 10.1 Å². The summed E-state index contributed by atoms with van der Waals surface area (Å²) >= 11 is 0. The summed E-state index contributed by atoms with van der Waals surface area (Å²) in [6.45, 7) is 3.67. The Bertz CT molecular complexity index is 826. The molecular formula is C14H14N6O4. The largest absolute Gasteiger partial charge is 0.463 e. The predicted molar refractivity (Wildman–Crippen MR) is 82.0 cm³/mol. The Morgan fingerprint density at radius 1 is 1.42 bits per heavy atom. The molecule has 0 radical (unpaired) electrons. The maximum atomic E-state index is 12.4. The summed E-state index contributed by atoms with van der Waals surface area (Å²) in [6.07, 6.45) is 0. The minimum absolute atomic E-state index is 0.0389. The summed E-state index contributed by atoms with van der Waals surface area (Å²) in [5.74, 6) is -0.115. The number of nitro benzene ring substituents is 1. The number of hydrogen-bond donors (Lipinski definition) is 1. The number of tetrazole rings is 1. The van der Waals surface area contributed by atoms with Crippen molar-refractivity contribution in [2.45, 2.75) is 19.9 Å². The molecule has 2 aromatic rings. The second kappa shape index (κ2) is 6.07. The number of carbonyl (C=O) groups is 1. The van der Waals surface area contributed by atoms with Gasteiger partial charge in [-0.3, -0.25) is 10.1 Å². The standard InChI is InChI=1S/C14H14N6O4/c1-3-24-13(21)11-8(2)15-14-16-17-18-19(14)12(11)9-4-6-10(7-5-9)20(22)23/h4-7,12H,3H2,1-2H3,(H,15,16,18)/t12-/m0/s1. The number of fused-ring (bicyclic) bond motifs is 1. The molecule has 0 saturated heterocycles. The normalized spacial score (nSPS) is 16.3. The van der Waals surface area contributed by atoms with Crippen molar-refractivity contribution in [3.8, 4) is 0 Å². The Kier molecular flexibility index (Phi) is 3.94. The van der Waals surface area contributed by atoms with Crippen molar-refractivity contribution in [3.05, 3.63) is 51.2 Å². The Balaban J connectivity index is 2.10. The van der Waals surface area contributed by atoms with Crippen molar-refractivity contribution in [2.24, 2.45) is 0 Å².